The van der Waals surface area contributed by atoms with Gasteiger partial charge in [-0.05, 0) is 54.1 Å². The Hall–Kier alpha value is -3.69. The number of amides is 3. The van der Waals surface area contributed by atoms with E-state index in [0.717, 1.165) is 0 Å². The first-order valence-corrected chi connectivity index (χ1v) is 10.5. The van der Waals surface area contributed by atoms with Crippen molar-refractivity contribution in [3.05, 3.63) is 84.4 Å². The number of hydrogen-bond donors (Lipinski definition) is 4. The number of rotatable bonds is 6. The summed E-state index contributed by atoms with van der Waals surface area (Å²) in [7, 11) is -3.76. The summed E-state index contributed by atoms with van der Waals surface area (Å²) in [4.78, 5) is 24.2. The number of anilines is 3. The normalized spacial score (nSPS) is 10.8. The van der Waals surface area contributed by atoms with Gasteiger partial charge in [0.15, 0.2) is 0 Å². The minimum Gasteiger partial charge on any atom is -0.326 e. The molecule has 0 heterocycles. The number of carbonyl (C=O) groups excluding carboxylic acids is 2. The van der Waals surface area contributed by atoms with Crippen LogP contribution in [0, 0.1) is 0 Å². The first-order chi connectivity index (χ1) is 14.3. The number of hydrogen-bond acceptors (Lipinski definition) is 4. The Balaban J connectivity index is 1.52. The molecule has 3 aromatic carbocycles. The smallest absolute Gasteiger partial charge is 0.323 e. The highest BCUT2D eigenvalue weighted by atomic mass is 32.2. The van der Waals surface area contributed by atoms with Crippen molar-refractivity contribution in [2.45, 2.75) is 11.3 Å². The van der Waals surface area contributed by atoms with Crippen LogP contribution in [0.15, 0.2) is 83.8 Å². The second-order valence-electron chi connectivity index (χ2n) is 6.44. The summed E-state index contributed by atoms with van der Waals surface area (Å²) in [5.74, 6) is -0.263. The minimum absolute atomic E-state index is 0.00829. The average Bonchev–Trinajstić information content (AvgIpc) is 2.70. The summed E-state index contributed by atoms with van der Waals surface area (Å²) in [5.41, 5.74) is 2.46. The Labute approximate surface area is 174 Å². The molecule has 154 valence electrons. The second kappa shape index (κ2) is 9.21. The van der Waals surface area contributed by atoms with Crippen LogP contribution in [0.4, 0.5) is 21.9 Å². The molecule has 0 unspecified atom stereocenters. The van der Waals surface area contributed by atoms with Gasteiger partial charge in [-0.15, -0.1) is 0 Å². The zero-order chi connectivity index (χ0) is 21.6. The van der Waals surface area contributed by atoms with Gasteiger partial charge in [0.2, 0.25) is 15.9 Å². The number of nitrogens with two attached hydrogens (primary N) is 1. The van der Waals surface area contributed by atoms with Gasteiger partial charge in [-0.3, -0.25) is 4.79 Å². The van der Waals surface area contributed by atoms with Crippen LogP contribution in [0.5, 0.6) is 0 Å². The van der Waals surface area contributed by atoms with Crippen molar-refractivity contribution in [3.63, 3.8) is 0 Å². The molecule has 0 radical (unpaired) electrons. The summed E-state index contributed by atoms with van der Waals surface area (Å²) in [5, 5.41) is 13.2. The molecule has 0 aliphatic heterocycles. The molecule has 3 amide bonds. The molecule has 0 fully saturated rings. The third-order valence-corrected chi connectivity index (χ3v) is 5.00. The van der Waals surface area contributed by atoms with Gasteiger partial charge in [-0.25, -0.2) is 18.4 Å². The number of benzene rings is 3. The van der Waals surface area contributed by atoms with Crippen molar-refractivity contribution < 1.29 is 18.0 Å². The van der Waals surface area contributed by atoms with Gasteiger partial charge in [0.1, 0.15) is 0 Å². The summed E-state index contributed by atoms with van der Waals surface area (Å²) in [6, 6.07) is 21.1. The molecule has 0 bridgehead atoms. The van der Waals surface area contributed by atoms with E-state index in [1.807, 2.05) is 18.2 Å². The molecular weight excluding hydrogens is 404 g/mol. The Bertz CT molecular complexity index is 1130. The van der Waals surface area contributed by atoms with Crippen LogP contribution in [-0.2, 0) is 21.2 Å². The molecule has 0 aliphatic rings. The topological polar surface area (TPSA) is 130 Å². The highest BCUT2D eigenvalue weighted by molar-refractivity contribution is 7.89. The van der Waals surface area contributed by atoms with E-state index >= 15 is 0 Å². The Morgan fingerprint density at radius 1 is 0.700 bits per heavy atom. The number of primary sulfonamides is 1. The molecule has 0 saturated heterocycles. The Morgan fingerprint density at radius 3 is 1.73 bits per heavy atom. The van der Waals surface area contributed by atoms with Crippen molar-refractivity contribution >= 4 is 39.0 Å². The predicted octanol–water partition coefficient (Wildman–Crippen LogP) is 3.16. The quantitative estimate of drug-likeness (QED) is 0.484. The molecule has 0 atom stereocenters. The molecule has 9 heteroatoms. The second-order valence-corrected chi connectivity index (χ2v) is 8.00. The SMILES string of the molecule is NS(=O)(=O)c1ccc(CC(=O)Nc2ccc(NC(=O)Nc3ccccc3)cc2)cc1. The van der Waals surface area contributed by atoms with E-state index < -0.39 is 10.0 Å². The summed E-state index contributed by atoms with van der Waals surface area (Å²) < 4.78 is 22.5. The van der Waals surface area contributed by atoms with Crippen molar-refractivity contribution in [2.75, 3.05) is 16.0 Å². The van der Waals surface area contributed by atoms with Crippen LogP contribution < -0.4 is 21.1 Å². The standard InChI is InChI=1S/C21H20N4O4S/c22-30(28,29)19-12-6-15(7-13-19)14-20(26)23-17-8-10-18(11-9-17)25-21(27)24-16-4-2-1-3-5-16/h1-13H,14H2,(H,23,26)(H2,22,28,29)(H2,24,25,27). The van der Waals surface area contributed by atoms with Crippen molar-refractivity contribution in [1.29, 1.82) is 0 Å². The lowest BCUT2D eigenvalue weighted by Gasteiger charge is -2.09. The van der Waals surface area contributed by atoms with E-state index in [1.165, 1.54) is 24.3 Å². The molecular formula is C21H20N4O4S. The maximum Gasteiger partial charge on any atom is 0.323 e. The van der Waals surface area contributed by atoms with E-state index in [1.54, 1.807) is 36.4 Å². The molecule has 0 aliphatic carbocycles. The van der Waals surface area contributed by atoms with E-state index in [-0.39, 0.29) is 23.3 Å². The minimum atomic E-state index is -3.76. The lowest BCUT2D eigenvalue weighted by atomic mass is 10.1. The molecule has 0 aromatic heterocycles. The maximum absolute atomic E-state index is 12.2. The van der Waals surface area contributed by atoms with E-state index in [4.69, 9.17) is 5.14 Å². The number of para-hydroxylation sites is 1. The van der Waals surface area contributed by atoms with Crippen LogP contribution in [0.3, 0.4) is 0 Å². The first kappa shape index (κ1) is 21.0. The van der Waals surface area contributed by atoms with Crippen molar-refractivity contribution in [1.82, 2.24) is 0 Å². The monoisotopic (exact) mass is 424 g/mol. The zero-order valence-electron chi connectivity index (χ0n) is 15.8. The zero-order valence-corrected chi connectivity index (χ0v) is 16.6. The predicted molar refractivity (Wildman–Crippen MR) is 116 cm³/mol. The van der Waals surface area contributed by atoms with Crippen LogP contribution in [0.25, 0.3) is 0 Å². The average molecular weight is 424 g/mol. The van der Waals surface area contributed by atoms with Gasteiger partial charge >= 0.3 is 6.03 Å². The number of nitrogens with one attached hydrogen (secondary N) is 3. The summed E-state index contributed by atoms with van der Waals surface area (Å²) >= 11 is 0. The number of sulfonamides is 1. The summed E-state index contributed by atoms with van der Waals surface area (Å²) in [6.45, 7) is 0. The third-order valence-electron chi connectivity index (χ3n) is 4.07. The highest BCUT2D eigenvalue weighted by Gasteiger charge is 2.09. The van der Waals surface area contributed by atoms with Gasteiger partial charge < -0.3 is 16.0 Å². The lowest BCUT2D eigenvalue weighted by molar-refractivity contribution is -0.115. The highest BCUT2D eigenvalue weighted by Crippen LogP contribution is 2.15. The number of urea groups is 1. The van der Waals surface area contributed by atoms with Crippen LogP contribution in [0.2, 0.25) is 0 Å². The molecule has 8 nitrogen and oxygen atoms in total. The van der Waals surface area contributed by atoms with Gasteiger partial charge in [0, 0.05) is 17.1 Å². The van der Waals surface area contributed by atoms with Crippen molar-refractivity contribution in [3.8, 4) is 0 Å². The maximum atomic E-state index is 12.2. The Kier molecular flexibility index (Phi) is 6.45. The van der Waals surface area contributed by atoms with Crippen LogP contribution >= 0.6 is 0 Å². The lowest BCUT2D eigenvalue weighted by Crippen LogP contribution is -2.19. The fourth-order valence-electron chi connectivity index (χ4n) is 2.64. The molecule has 3 aromatic rings. The van der Waals surface area contributed by atoms with Crippen molar-refractivity contribution in [2.24, 2.45) is 5.14 Å². The van der Waals surface area contributed by atoms with Gasteiger partial charge in [-0.1, -0.05) is 30.3 Å². The van der Waals surface area contributed by atoms with Crippen LogP contribution in [0.1, 0.15) is 5.56 Å². The summed E-state index contributed by atoms with van der Waals surface area (Å²) in [6.07, 6.45) is 0.0738. The fraction of sp³-hybridized carbons (Fsp3) is 0.0476. The van der Waals surface area contributed by atoms with Gasteiger partial charge in [0.25, 0.3) is 0 Å². The Morgan fingerprint density at radius 2 is 1.20 bits per heavy atom. The molecule has 30 heavy (non-hydrogen) atoms. The molecule has 5 N–H and O–H groups in total. The molecule has 0 spiro atoms. The van der Waals surface area contributed by atoms with E-state index in [0.29, 0.717) is 22.6 Å². The first-order valence-electron chi connectivity index (χ1n) is 8.94. The molecule has 0 saturated carbocycles. The van der Waals surface area contributed by atoms with E-state index in [2.05, 4.69) is 16.0 Å². The van der Waals surface area contributed by atoms with E-state index in [9.17, 15) is 18.0 Å². The van der Waals surface area contributed by atoms with Crippen LogP contribution in [-0.4, -0.2) is 20.4 Å². The van der Waals surface area contributed by atoms with Gasteiger partial charge in [-0.2, -0.15) is 0 Å². The fourth-order valence-corrected chi connectivity index (χ4v) is 3.15. The third kappa shape index (κ3) is 6.16. The largest absolute Gasteiger partial charge is 0.326 e. The van der Waals surface area contributed by atoms with Gasteiger partial charge in [0.05, 0.1) is 11.3 Å². The number of carbonyl (C=O) groups is 2. The molecule has 3 rings (SSSR count).